The van der Waals surface area contributed by atoms with E-state index in [9.17, 15) is 4.79 Å². The van der Waals surface area contributed by atoms with E-state index in [-0.39, 0.29) is 12.1 Å². The second-order valence-corrected chi connectivity index (χ2v) is 5.08. The molecule has 1 unspecified atom stereocenters. The fourth-order valence-corrected chi connectivity index (χ4v) is 2.72. The van der Waals surface area contributed by atoms with Gasteiger partial charge in [-0.1, -0.05) is 0 Å². The molecule has 1 atom stereocenters. The minimum atomic E-state index is 0.0201. The summed E-state index contributed by atoms with van der Waals surface area (Å²) in [4.78, 5) is 24.4. The van der Waals surface area contributed by atoms with Crippen LogP contribution in [0.15, 0.2) is 6.07 Å². The predicted octanol–water partition coefficient (Wildman–Crippen LogP) is -0.878. The van der Waals surface area contributed by atoms with Crippen molar-refractivity contribution < 1.29 is 9.53 Å². The number of hydrogen-bond donors (Lipinski definition) is 3. The molecule has 9 heteroatoms. The number of anilines is 2. The summed E-state index contributed by atoms with van der Waals surface area (Å²) in [5.41, 5.74) is 2.55. The summed E-state index contributed by atoms with van der Waals surface area (Å²) < 4.78 is 5.08. The maximum atomic E-state index is 11.6. The van der Waals surface area contributed by atoms with Crippen LogP contribution in [0.3, 0.4) is 0 Å². The molecule has 0 bridgehead atoms. The lowest BCUT2D eigenvalue weighted by atomic mass is 10.2. The molecule has 0 aliphatic carbocycles. The third kappa shape index (κ3) is 2.69. The molecular formula is C12H19N7O2. The molecule has 2 aliphatic rings. The fraction of sp³-hybridized carbons (Fsp3) is 0.583. The van der Waals surface area contributed by atoms with Crippen molar-refractivity contribution in [1.82, 2.24) is 20.2 Å². The van der Waals surface area contributed by atoms with E-state index < -0.39 is 0 Å². The number of fused-ring (bicyclic) bond motifs is 1. The van der Waals surface area contributed by atoms with Crippen LogP contribution in [0, 0.1) is 0 Å². The highest BCUT2D eigenvalue weighted by Crippen LogP contribution is 2.21. The highest BCUT2D eigenvalue weighted by atomic mass is 16.5. The van der Waals surface area contributed by atoms with Gasteiger partial charge in [0.05, 0.1) is 6.04 Å². The SMILES string of the molecule is COCc1nc(NN)cc(N2CCN3C(=O)NCC3C2)n1. The highest BCUT2D eigenvalue weighted by Gasteiger charge is 2.35. The molecule has 9 nitrogen and oxygen atoms in total. The van der Waals surface area contributed by atoms with Crippen LogP contribution in [0.4, 0.5) is 16.4 Å². The van der Waals surface area contributed by atoms with E-state index in [2.05, 4.69) is 25.6 Å². The van der Waals surface area contributed by atoms with Crippen molar-refractivity contribution in [2.75, 3.05) is 43.6 Å². The number of nitrogens with one attached hydrogen (secondary N) is 2. The summed E-state index contributed by atoms with van der Waals surface area (Å²) in [5.74, 6) is 7.38. The Labute approximate surface area is 122 Å². The summed E-state index contributed by atoms with van der Waals surface area (Å²) in [6.45, 7) is 3.16. The first-order valence-electron chi connectivity index (χ1n) is 6.84. The second-order valence-electron chi connectivity index (χ2n) is 5.08. The molecule has 2 saturated heterocycles. The van der Waals surface area contributed by atoms with Gasteiger partial charge in [-0.05, 0) is 0 Å². The lowest BCUT2D eigenvalue weighted by Crippen LogP contribution is -2.52. The first-order valence-corrected chi connectivity index (χ1v) is 6.84. The van der Waals surface area contributed by atoms with Crippen molar-refractivity contribution in [3.63, 3.8) is 0 Å². The summed E-state index contributed by atoms with van der Waals surface area (Å²) in [5, 5.41) is 2.86. The average molecular weight is 293 g/mol. The first-order chi connectivity index (χ1) is 10.2. The topological polar surface area (TPSA) is 109 Å². The summed E-state index contributed by atoms with van der Waals surface area (Å²) in [6.07, 6.45) is 0. The molecule has 4 N–H and O–H groups in total. The number of urea groups is 1. The molecule has 114 valence electrons. The number of hydrogen-bond acceptors (Lipinski definition) is 7. The Hall–Kier alpha value is -2.13. The van der Waals surface area contributed by atoms with Crippen molar-refractivity contribution in [2.24, 2.45) is 5.84 Å². The number of nitrogens with zero attached hydrogens (tertiary/aromatic N) is 4. The number of methoxy groups -OCH3 is 1. The third-order valence-corrected chi connectivity index (χ3v) is 3.74. The fourth-order valence-electron chi connectivity index (χ4n) is 2.72. The van der Waals surface area contributed by atoms with Crippen LogP contribution in [0.2, 0.25) is 0 Å². The van der Waals surface area contributed by atoms with E-state index in [4.69, 9.17) is 10.6 Å². The van der Waals surface area contributed by atoms with Crippen molar-refractivity contribution >= 4 is 17.7 Å². The molecule has 3 heterocycles. The molecule has 0 radical (unpaired) electrons. The molecule has 2 aliphatic heterocycles. The van der Waals surface area contributed by atoms with Gasteiger partial charge in [0.25, 0.3) is 0 Å². The zero-order chi connectivity index (χ0) is 14.8. The normalized spacial score (nSPS) is 21.2. The summed E-state index contributed by atoms with van der Waals surface area (Å²) in [6, 6.07) is 2.01. The molecule has 2 fully saturated rings. The second kappa shape index (κ2) is 5.70. The van der Waals surface area contributed by atoms with Gasteiger partial charge < -0.3 is 25.3 Å². The van der Waals surface area contributed by atoms with E-state index in [1.165, 1.54) is 0 Å². The standard InChI is InChI=1S/C12H19N7O2/c1-21-7-10-15-9(17-13)4-11(16-10)18-2-3-19-8(6-18)5-14-12(19)20/h4,8H,2-3,5-7,13H2,1H3,(H,14,20)(H,15,16,17). The van der Waals surface area contributed by atoms with Crippen LogP contribution in [0.1, 0.15) is 5.82 Å². The van der Waals surface area contributed by atoms with Crippen molar-refractivity contribution in [3.8, 4) is 0 Å². The Kier molecular flexibility index (Phi) is 3.76. The van der Waals surface area contributed by atoms with Crippen molar-refractivity contribution in [3.05, 3.63) is 11.9 Å². The number of hydrazine groups is 1. The largest absolute Gasteiger partial charge is 0.377 e. The number of carbonyl (C=O) groups excluding carboxylic acids is 1. The molecule has 21 heavy (non-hydrogen) atoms. The molecule has 1 aromatic heterocycles. The Morgan fingerprint density at radius 2 is 2.38 bits per heavy atom. The lowest BCUT2D eigenvalue weighted by Gasteiger charge is -2.37. The van der Waals surface area contributed by atoms with Gasteiger partial charge in [-0.25, -0.2) is 20.6 Å². The smallest absolute Gasteiger partial charge is 0.317 e. The van der Waals surface area contributed by atoms with Crippen LogP contribution < -0.4 is 21.5 Å². The molecular weight excluding hydrogens is 274 g/mol. The molecule has 0 saturated carbocycles. The molecule has 0 spiro atoms. The van der Waals surface area contributed by atoms with Crippen LogP contribution >= 0.6 is 0 Å². The average Bonchev–Trinajstić information content (AvgIpc) is 2.88. The predicted molar refractivity (Wildman–Crippen MR) is 76.7 cm³/mol. The van der Waals surface area contributed by atoms with Crippen molar-refractivity contribution in [2.45, 2.75) is 12.6 Å². The number of piperazine rings is 1. The highest BCUT2D eigenvalue weighted by molar-refractivity contribution is 5.77. The van der Waals surface area contributed by atoms with Gasteiger partial charge in [0.2, 0.25) is 0 Å². The van der Waals surface area contributed by atoms with E-state index >= 15 is 0 Å². The van der Waals surface area contributed by atoms with Crippen LogP contribution in [0.25, 0.3) is 0 Å². The molecule has 1 aromatic rings. The monoisotopic (exact) mass is 293 g/mol. The van der Waals surface area contributed by atoms with E-state index in [0.717, 1.165) is 18.9 Å². The zero-order valence-electron chi connectivity index (χ0n) is 11.9. The van der Waals surface area contributed by atoms with Crippen LogP contribution in [0.5, 0.6) is 0 Å². The maximum Gasteiger partial charge on any atom is 0.317 e. The third-order valence-electron chi connectivity index (χ3n) is 3.74. The lowest BCUT2D eigenvalue weighted by molar-refractivity contribution is 0.177. The zero-order valence-corrected chi connectivity index (χ0v) is 11.9. The van der Waals surface area contributed by atoms with E-state index in [1.807, 2.05) is 4.90 Å². The van der Waals surface area contributed by atoms with Gasteiger partial charge in [0.15, 0.2) is 5.82 Å². The van der Waals surface area contributed by atoms with Gasteiger partial charge >= 0.3 is 6.03 Å². The van der Waals surface area contributed by atoms with E-state index in [1.54, 1.807) is 13.2 Å². The molecule has 2 amide bonds. The van der Waals surface area contributed by atoms with Gasteiger partial charge in [0, 0.05) is 39.4 Å². The number of amides is 2. The maximum absolute atomic E-state index is 11.6. The Bertz CT molecular complexity index is 538. The van der Waals surface area contributed by atoms with Crippen LogP contribution in [-0.4, -0.2) is 60.2 Å². The number of nitrogens with two attached hydrogens (primary N) is 1. The number of aromatic nitrogens is 2. The number of carbonyl (C=O) groups is 1. The summed E-state index contributed by atoms with van der Waals surface area (Å²) >= 11 is 0. The van der Waals surface area contributed by atoms with Gasteiger partial charge in [0.1, 0.15) is 18.2 Å². The van der Waals surface area contributed by atoms with Gasteiger partial charge in [-0.15, -0.1) is 0 Å². The quantitative estimate of drug-likeness (QED) is 0.489. The van der Waals surface area contributed by atoms with Crippen molar-refractivity contribution in [1.29, 1.82) is 0 Å². The first kappa shape index (κ1) is 13.8. The van der Waals surface area contributed by atoms with Crippen LogP contribution in [-0.2, 0) is 11.3 Å². The number of ether oxygens (including phenoxy) is 1. The minimum absolute atomic E-state index is 0.0201. The van der Waals surface area contributed by atoms with E-state index in [0.29, 0.717) is 31.3 Å². The minimum Gasteiger partial charge on any atom is -0.377 e. The number of nitrogen functional groups attached to an aromatic ring is 1. The number of rotatable bonds is 4. The Morgan fingerprint density at radius 1 is 1.52 bits per heavy atom. The Morgan fingerprint density at radius 3 is 3.14 bits per heavy atom. The molecule has 0 aromatic carbocycles. The Balaban J connectivity index is 1.80. The summed E-state index contributed by atoms with van der Waals surface area (Å²) in [7, 11) is 1.60. The molecule has 3 rings (SSSR count). The van der Waals surface area contributed by atoms with Gasteiger partial charge in [-0.3, -0.25) is 0 Å². The van der Waals surface area contributed by atoms with Gasteiger partial charge in [-0.2, -0.15) is 0 Å².